The largest absolute Gasteiger partial charge is 0.480 e. The van der Waals surface area contributed by atoms with Crippen molar-refractivity contribution < 1.29 is 14.6 Å². The monoisotopic (exact) mass is 494 g/mol. The summed E-state index contributed by atoms with van der Waals surface area (Å²) in [6.07, 6.45) is 5.75. The number of imidazole rings is 1. The molecular formula is C27H38N6O3. The number of aromatic nitrogens is 3. The number of pyridine rings is 1. The lowest BCUT2D eigenvalue weighted by Gasteiger charge is -2.24. The summed E-state index contributed by atoms with van der Waals surface area (Å²) in [6.45, 7) is 3.95. The van der Waals surface area contributed by atoms with Crippen LogP contribution in [0.3, 0.4) is 0 Å². The average Bonchev–Trinajstić information content (AvgIpc) is 3.21. The van der Waals surface area contributed by atoms with Gasteiger partial charge in [-0.25, -0.2) is 14.8 Å². The second kappa shape index (κ2) is 12.7. The van der Waals surface area contributed by atoms with Gasteiger partial charge >= 0.3 is 5.97 Å². The summed E-state index contributed by atoms with van der Waals surface area (Å²) in [5.41, 5.74) is 4.26. The summed E-state index contributed by atoms with van der Waals surface area (Å²) in [7, 11) is 3.59. The Hall–Kier alpha value is -3.17. The lowest BCUT2D eigenvalue weighted by Crippen LogP contribution is -2.37. The van der Waals surface area contributed by atoms with E-state index in [9.17, 15) is 9.90 Å². The van der Waals surface area contributed by atoms with E-state index in [4.69, 9.17) is 9.72 Å². The number of benzene rings is 1. The number of ether oxygens (including phenoxy) is 1. The highest BCUT2D eigenvalue weighted by Crippen LogP contribution is 2.21. The van der Waals surface area contributed by atoms with Crippen molar-refractivity contribution in [2.24, 2.45) is 7.05 Å². The molecule has 1 aliphatic rings. The van der Waals surface area contributed by atoms with Gasteiger partial charge in [0.2, 0.25) is 5.95 Å². The van der Waals surface area contributed by atoms with Gasteiger partial charge in [-0.15, -0.1) is 0 Å². The van der Waals surface area contributed by atoms with Crippen LogP contribution in [-0.2, 0) is 29.4 Å². The number of hydrogen-bond donors (Lipinski definition) is 3. The number of aryl methyl sites for hydroxylation is 3. The highest BCUT2D eigenvalue weighted by Gasteiger charge is 2.21. The Morgan fingerprint density at radius 2 is 2.06 bits per heavy atom. The third-order valence-electron chi connectivity index (χ3n) is 6.84. The third-order valence-corrected chi connectivity index (χ3v) is 6.84. The van der Waals surface area contributed by atoms with Crippen LogP contribution in [0, 0.1) is 0 Å². The number of anilines is 2. The Morgan fingerprint density at radius 1 is 1.19 bits per heavy atom. The van der Waals surface area contributed by atoms with Crippen molar-refractivity contribution in [3.8, 4) is 0 Å². The molecule has 1 aliphatic heterocycles. The van der Waals surface area contributed by atoms with Crippen molar-refractivity contribution in [3.05, 3.63) is 47.7 Å². The van der Waals surface area contributed by atoms with E-state index < -0.39 is 12.0 Å². The van der Waals surface area contributed by atoms with Gasteiger partial charge in [-0.3, -0.25) is 0 Å². The molecule has 4 rings (SSSR count). The summed E-state index contributed by atoms with van der Waals surface area (Å²) in [5.74, 6) is 0.744. The van der Waals surface area contributed by atoms with Gasteiger partial charge < -0.3 is 29.9 Å². The van der Waals surface area contributed by atoms with Crippen LogP contribution in [0.4, 0.5) is 11.8 Å². The zero-order valence-electron chi connectivity index (χ0n) is 21.4. The second-order valence-corrected chi connectivity index (χ2v) is 9.44. The van der Waals surface area contributed by atoms with Crippen molar-refractivity contribution in [2.75, 3.05) is 50.5 Å². The fourth-order valence-electron chi connectivity index (χ4n) is 4.70. The smallest absolute Gasteiger partial charge is 0.326 e. The Labute approximate surface area is 212 Å². The van der Waals surface area contributed by atoms with E-state index in [-0.39, 0.29) is 0 Å². The zero-order valence-corrected chi connectivity index (χ0v) is 21.4. The van der Waals surface area contributed by atoms with Gasteiger partial charge in [-0.1, -0.05) is 18.2 Å². The molecule has 0 aliphatic carbocycles. The zero-order chi connectivity index (χ0) is 25.3. The first kappa shape index (κ1) is 25.9. The molecule has 194 valence electrons. The van der Waals surface area contributed by atoms with E-state index in [0.717, 1.165) is 67.9 Å². The number of nitrogens with zero attached hydrogens (tertiary/aromatic N) is 4. The lowest BCUT2D eigenvalue weighted by atomic mass is 10.1. The lowest BCUT2D eigenvalue weighted by molar-refractivity contribution is -0.138. The van der Waals surface area contributed by atoms with Crippen molar-refractivity contribution in [3.63, 3.8) is 0 Å². The molecule has 0 saturated carbocycles. The molecule has 3 N–H and O–H groups in total. The van der Waals surface area contributed by atoms with Crippen LogP contribution in [0.5, 0.6) is 0 Å². The summed E-state index contributed by atoms with van der Waals surface area (Å²) in [5, 5.41) is 16.4. The molecule has 1 aromatic carbocycles. The number of rotatable bonds is 14. The van der Waals surface area contributed by atoms with Gasteiger partial charge in [0.25, 0.3) is 0 Å². The molecule has 9 heteroatoms. The topological polar surface area (TPSA) is 105 Å². The van der Waals surface area contributed by atoms with Gasteiger partial charge in [-0.2, -0.15) is 0 Å². The van der Waals surface area contributed by atoms with Crippen LogP contribution in [0.2, 0.25) is 0 Å². The minimum Gasteiger partial charge on any atom is -0.480 e. The second-order valence-electron chi connectivity index (χ2n) is 9.44. The molecule has 1 atom stereocenters. The van der Waals surface area contributed by atoms with Gasteiger partial charge in [0.05, 0.1) is 17.6 Å². The first-order valence-electron chi connectivity index (χ1n) is 12.9. The number of methoxy groups -OCH3 is 1. The Morgan fingerprint density at radius 3 is 2.86 bits per heavy atom. The molecule has 0 fully saturated rings. The van der Waals surface area contributed by atoms with E-state index in [1.165, 1.54) is 12.0 Å². The normalized spacial score (nSPS) is 14.0. The Kier molecular flexibility index (Phi) is 9.13. The maximum Gasteiger partial charge on any atom is 0.326 e. The van der Waals surface area contributed by atoms with Crippen LogP contribution >= 0.6 is 0 Å². The van der Waals surface area contributed by atoms with Crippen molar-refractivity contribution in [1.82, 2.24) is 19.4 Å². The number of unbranched alkanes of at least 4 members (excludes halogenated alkanes) is 1. The number of hydrogen-bond acceptors (Lipinski definition) is 7. The van der Waals surface area contributed by atoms with Gasteiger partial charge in [0.15, 0.2) is 0 Å². The molecule has 0 radical (unpaired) electrons. The molecule has 0 spiro atoms. The SMILES string of the molecule is COCCN(CCCCc1ccc2c(n1)NCCC2)CC[C@H](Nc1nc2ccccc2n1C)C(=O)O. The Bertz CT molecular complexity index is 1150. The maximum absolute atomic E-state index is 12.0. The fourth-order valence-corrected chi connectivity index (χ4v) is 4.70. The van der Waals surface area contributed by atoms with Crippen LogP contribution in [0.1, 0.15) is 36.9 Å². The third kappa shape index (κ3) is 6.73. The summed E-state index contributed by atoms with van der Waals surface area (Å²) in [4.78, 5) is 23.7. The predicted octanol–water partition coefficient (Wildman–Crippen LogP) is 3.55. The first-order chi connectivity index (χ1) is 17.5. The highest BCUT2D eigenvalue weighted by molar-refractivity contribution is 5.81. The quantitative estimate of drug-likeness (QED) is 0.292. The molecule has 3 aromatic rings. The van der Waals surface area contributed by atoms with Crippen LogP contribution in [0.15, 0.2) is 36.4 Å². The summed E-state index contributed by atoms with van der Waals surface area (Å²) in [6, 6.07) is 11.4. The fraction of sp³-hybridized carbons (Fsp3) is 0.519. The van der Waals surface area contributed by atoms with E-state index >= 15 is 0 Å². The number of nitrogens with one attached hydrogen (secondary N) is 2. The van der Waals surface area contributed by atoms with Gasteiger partial charge in [0, 0.05) is 39.5 Å². The number of para-hydroxylation sites is 2. The van der Waals surface area contributed by atoms with Crippen LogP contribution in [-0.4, -0.2) is 76.4 Å². The van der Waals surface area contributed by atoms with Gasteiger partial charge in [-0.05, 0) is 68.8 Å². The summed E-state index contributed by atoms with van der Waals surface area (Å²) >= 11 is 0. The molecule has 3 heterocycles. The summed E-state index contributed by atoms with van der Waals surface area (Å²) < 4.78 is 7.20. The molecule has 2 aromatic heterocycles. The number of fused-ring (bicyclic) bond motifs is 2. The molecular weight excluding hydrogens is 456 g/mol. The minimum absolute atomic E-state index is 0.473. The molecule has 0 unspecified atom stereocenters. The molecule has 9 nitrogen and oxygen atoms in total. The standard InChI is InChI=1S/C27H38N6O3/c1-32-24-11-4-3-10-22(24)30-27(32)31-23(26(34)35)14-17-33(18-19-36-2)16-6-5-9-21-13-12-20-8-7-15-28-25(20)29-21/h3-4,10-13,23H,5-9,14-19H2,1-2H3,(H,28,29)(H,30,31)(H,34,35)/t23-/m0/s1. The first-order valence-corrected chi connectivity index (χ1v) is 12.9. The average molecular weight is 495 g/mol. The molecule has 0 bridgehead atoms. The van der Waals surface area contributed by atoms with E-state index in [2.05, 4.69) is 32.7 Å². The van der Waals surface area contributed by atoms with E-state index in [0.29, 0.717) is 25.5 Å². The number of carboxylic acid groups (broad SMARTS) is 1. The van der Waals surface area contributed by atoms with E-state index in [1.54, 1.807) is 7.11 Å². The van der Waals surface area contributed by atoms with Crippen molar-refractivity contribution >= 4 is 28.8 Å². The highest BCUT2D eigenvalue weighted by atomic mass is 16.5. The number of carboxylic acids is 1. The Balaban J connectivity index is 1.28. The van der Waals surface area contributed by atoms with Crippen molar-refractivity contribution in [2.45, 2.75) is 44.6 Å². The molecule has 0 saturated heterocycles. The predicted molar refractivity (Wildman–Crippen MR) is 143 cm³/mol. The van der Waals surface area contributed by atoms with Crippen molar-refractivity contribution in [1.29, 1.82) is 0 Å². The molecule has 0 amide bonds. The number of aliphatic carboxylic acids is 1. The van der Waals surface area contributed by atoms with Crippen LogP contribution in [0.25, 0.3) is 11.0 Å². The minimum atomic E-state index is -0.874. The van der Waals surface area contributed by atoms with E-state index in [1.807, 2.05) is 35.9 Å². The van der Waals surface area contributed by atoms with Gasteiger partial charge in [0.1, 0.15) is 11.9 Å². The number of carbonyl (C=O) groups is 1. The maximum atomic E-state index is 12.0. The molecule has 36 heavy (non-hydrogen) atoms. The van der Waals surface area contributed by atoms with Crippen LogP contribution < -0.4 is 10.6 Å².